The van der Waals surface area contributed by atoms with Crippen molar-refractivity contribution < 1.29 is 9.59 Å². The molecule has 1 aliphatic heterocycles. The van der Waals surface area contributed by atoms with Crippen molar-refractivity contribution in [1.29, 1.82) is 0 Å². The third-order valence-electron chi connectivity index (χ3n) is 5.88. The molecule has 1 aliphatic carbocycles. The third kappa shape index (κ3) is 3.42. The first-order valence-electron chi connectivity index (χ1n) is 10.0. The van der Waals surface area contributed by atoms with E-state index in [2.05, 4.69) is 32.6 Å². The van der Waals surface area contributed by atoms with Gasteiger partial charge in [-0.3, -0.25) is 9.59 Å². The van der Waals surface area contributed by atoms with E-state index in [-0.39, 0.29) is 12.6 Å². The van der Waals surface area contributed by atoms with Crippen LogP contribution in [0.5, 0.6) is 0 Å². The molecule has 0 spiro atoms. The van der Waals surface area contributed by atoms with Crippen molar-refractivity contribution in [1.82, 2.24) is 35.0 Å². The Hall–Kier alpha value is -3.62. The molecule has 5 rings (SSSR count). The van der Waals surface area contributed by atoms with Gasteiger partial charge in [-0.1, -0.05) is 35.5 Å². The average molecular weight is 403 g/mol. The van der Waals surface area contributed by atoms with Crippen LogP contribution in [0.2, 0.25) is 0 Å². The molecule has 0 unspecified atom stereocenters. The Morgan fingerprint density at radius 1 is 0.933 bits per heavy atom. The number of hydrogen-bond donors (Lipinski definition) is 0. The van der Waals surface area contributed by atoms with E-state index in [0.29, 0.717) is 30.5 Å². The van der Waals surface area contributed by atoms with Gasteiger partial charge in [0.05, 0.1) is 24.6 Å². The predicted octanol–water partition coefficient (Wildman–Crippen LogP) is 1.17. The van der Waals surface area contributed by atoms with Crippen molar-refractivity contribution in [3.63, 3.8) is 0 Å². The summed E-state index contributed by atoms with van der Waals surface area (Å²) in [5, 5.41) is 15.9. The summed E-state index contributed by atoms with van der Waals surface area (Å²) >= 11 is 0. The van der Waals surface area contributed by atoms with Crippen molar-refractivity contribution in [3.8, 4) is 5.82 Å². The van der Waals surface area contributed by atoms with Gasteiger partial charge in [0.2, 0.25) is 0 Å². The highest BCUT2D eigenvalue weighted by molar-refractivity contribution is 6.35. The van der Waals surface area contributed by atoms with Gasteiger partial charge in [-0.25, -0.2) is 4.68 Å². The highest BCUT2D eigenvalue weighted by Gasteiger charge is 2.42. The average Bonchev–Trinajstić information content (AvgIpc) is 3.28. The van der Waals surface area contributed by atoms with Crippen LogP contribution < -0.4 is 0 Å². The largest absolute Gasteiger partial charge is 0.330 e. The third-order valence-corrected chi connectivity index (χ3v) is 5.88. The quantitative estimate of drug-likeness (QED) is 0.594. The zero-order chi connectivity index (χ0) is 20.5. The molecule has 0 bridgehead atoms. The second kappa shape index (κ2) is 7.66. The molecule has 2 aliphatic rings. The number of rotatable bonds is 5. The van der Waals surface area contributed by atoms with Gasteiger partial charge in [-0.15, -0.1) is 10.2 Å². The number of aromatic nitrogens is 5. The topological polar surface area (TPSA) is 97.1 Å². The highest BCUT2D eigenvalue weighted by Crippen LogP contribution is 2.40. The molecule has 1 saturated heterocycles. The van der Waals surface area contributed by atoms with Gasteiger partial charge in [0, 0.05) is 19.1 Å². The van der Waals surface area contributed by atoms with Crippen LogP contribution in [0.3, 0.4) is 0 Å². The zero-order valence-electron chi connectivity index (χ0n) is 16.3. The number of carbonyl (C=O) groups excluding carboxylic acids is 2. The Kier molecular flexibility index (Phi) is 4.70. The van der Waals surface area contributed by atoms with E-state index >= 15 is 0 Å². The summed E-state index contributed by atoms with van der Waals surface area (Å²) in [6.07, 6.45) is 5.06. The lowest BCUT2D eigenvalue weighted by molar-refractivity contribution is -0.159. The van der Waals surface area contributed by atoms with Crippen molar-refractivity contribution in [2.75, 3.05) is 13.1 Å². The molecule has 152 valence electrons. The van der Waals surface area contributed by atoms with Crippen LogP contribution in [0.15, 0.2) is 54.9 Å². The van der Waals surface area contributed by atoms with Gasteiger partial charge in [0.15, 0.2) is 5.82 Å². The van der Waals surface area contributed by atoms with Crippen molar-refractivity contribution in [2.24, 2.45) is 0 Å². The van der Waals surface area contributed by atoms with Gasteiger partial charge < -0.3 is 9.80 Å². The fourth-order valence-electron chi connectivity index (χ4n) is 4.11. The number of nitrogens with zero attached hydrogens (tertiary/aromatic N) is 7. The second-order valence-electron chi connectivity index (χ2n) is 7.69. The summed E-state index contributed by atoms with van der Waals surface area (Å²) in [5.74, 6) is 0.133. The molecular weight excluding hydrogens is 382 g/mol. The summed E-state index contributed by atoms with van der Waals surface area (Å²) in [6, 6.07) is 14.0. The van der Waals surface area contributed by atoms with Crippen LogP contribution in [0.25, 0.3) is 5.82 Å². The van der Waals surface area contributed by atoms with E-state index in [0.717, 1.165) is 12.8 Å². The minimum atomic E-state index is -0.466. The SMILES string of the molecule is O=C1C(=O)N(C2CC(c3ccccc3)C2)CCN1Cc1ccc(-n2ccnn2)nn1. The number of carbonyl (C=O) groups is 2. The monoisotopic (exact) mass is 403 g/mol. The molecular formula is C21H21N7O2. The Morgan fingerprint density at radius 2 is 1.77 bits per heavy atom. The summed E-state index contributed by atoms with van der Waals surface area (Å²) in [7, 11) is 0. The standard InChI is InChI=1S/C21H21N7O2/c29-20-21(30)27(18-12-16(13-18)15-4-2-1-3-5-15)11-10-26(20)14-17-6-7-19(24-23-17)28-9-8-22-25-28/h1-9,16,18H,10-14H2. The van der Waals surface area contributed by atoms with Crippen molar-refractivity contribution in [2.45, 2.75) is 31.3 Å². The van der Waals surface area contributed by atoms with Gasteiger partial charge in [0.25, 0.3) is 0 Å². The maximum absolute atomic E-state index is 12.7. The van der Waals surface area contributed by atoms with E-state index < -0.39 is 11.8 Å². The van der Waals surface area contributed by atoms with Gasteiger partial charge >= 0.3 is 11.8 Å². The number of benzene rings is 1. The van der Waals surface area contributed by atoms with Crippen molar-refractivity contribution >= 4 is 11.8 Å². The molecule has 2 amide bonds. The van der Waals surface area contributed by atoms with Crippen LogP contribution in [-0.2, 0) is 16.1 Å². The molecule has 0 radical (unpaired) electrons. The normalized spacial score (nSPS) is 21.6. The summed E-state index contributed by atoms with van der Waals surface area (Å²) in [5.41, 5.74) is 1.93. The summed E-state index contributed by atoms with van der Waals surface area (Å²) in [6.45, 7) is 1.32. The molecule has 9 nitrogen and oxygen atoms in total. The molecule has 1 saturated carbocycles. The second-order valence-corrected chi connectivity index (χ2v) is 7.69. The molecule has 2 fully saturated rings. The Labute approximate surface area is 173 Å². The van der Waals surface area contributed by atoms with Crippen LogP contribution >= 0.6 is 0 Å². The molecule has 9 heteroatoms. The number of amides is 2. The molecule has 3 heterocycles. The molecule has 2 aromatic heterocycles. The smallest absolute Gasteiger partial charge is 0.312 e. The fourth-order valence-corrected chi connectivity index (χ4v) is 4.11. The molecule has 0 atom stereocenters. The lowest BCUT2D eigenvalue weighted by Crippen LogP contribution is -2.59. The highest BCUT2D eigenvalue weighted by atomic mass is 16.2. The minimum absolute atomic E-state index is 0.149. The Morgan fingerprint density at radius 3 is 2.47 bits per heavy atom. The van der Waals surface area contributed by atoms with Crippen molar-refractivity contribution in [3.05, 3.63) is 66.1 Å². The predicted molar refractivity (Wildman–Crippen MR) is 106 cm³/mol. The molecule has 30 heavy (non-hydrogen) atoms. The molecule has 1 aromatic carbocycles. The molecule has 0 N–H and O–H groups in total. The lowest BCUT2D eigenvalue weighted by Gasteiger charge is -2.45. The Bertz CT molecular complexity index is 1030. The maximum atomic E-state index is 12.7. The Balaban J connectivity index is 1.18. The van der Waals surface area contributed by atoms with E-state index in [4.69, 9.17) is 0 Å². The van der Waals surface area contributed by atoms with Crippen LogP contribution in [-0.4, -0.2) is 65.9 Å². The van der Waals surface area contributed by atoms with Crippen LogP contribution in [0.4, 0.5) is 0 Å². The first-order chi connectivity index (χ1) is 14.7. The fraction of sp³-hybridized carbons (Fsp3) is 0.333. The number of piperazine rings is 1. The van der Waals surface area contributed by atoms with Crippen LogP contribution in [0, 0.1) is 0 Å². The summed E-state index contributed by atoms with van der Waals surface area (Å²) in [4.78, 5) is 28.6. The molecule has 3 aromatic rings. The van der Waals surface area contributed by atoms with Gasteiger partial charge in [-0.05, 0) is 36.5 Å². The number of hydrogen-bond acceptors (Lipinski definition) is 6. The summed E-state index contributed by atoms with van der Waals surface area (Å²) < 4.78 is 1.51. The zero-order valence-corrected chi connectivity index (χ0v) is 16.3. The first-order valence-corrected chi connectivity index (χ1v) is 10.0. The maximum Gasteiger partial charge on any atom is 0.312 e. The van der Waals surface area contributed by atoms with Crippen LogP contribution in [0.1, 0.15) is 30.0 Å². The van der Waals surface area contributed by atoms with E-state index in [1.807, 2.05) is 18.2 Å². The van der Waals surface area contributed by atoms with E-state index in [9.17, 15) is 9.59 Å². The van der Waals surface area contributed by atoms with Gasteiger partial charge in [0.1, 0.15) is 0 Å². The van der Waals surface area contributed by atoms with E-state index in [1.165, 1.54) is 10.2 Å². The minimum Gasteiger partial charge on any atom is -0.330 e. The lowest BCUT2D eigenvalue weighted by atomic mass is 9.75. The first kappa shape index (κ1) is 18.4. The van der Waals surface area contributed by atoms with E-state index in [1.54, 1.807) is 34.3 Å². The van der Waals surface area contributed by atoms with Gasteiger partial charge in [-0.2, -0.15) is 5.10 Å².